The smallest absolute Gasteiger partial charge is 0.231 e. The number of fused-ring (bicyclic) bond motifs is 3. The first kappa shape index (κ1) is 13.1. The Morgan fingerprint density at radius 2 is 1.76 bits per heavy atom. The summed E-state index contributed by atoms with van der Waals surface area (Å²) in [6.45, 7) is 5.60. The van der Waals surface area contributed by atoms with E-state index in [1.165, 1.54) is 38.8 Å². The van der Waals surface area contributed by atoms with Crippen LogP contribution in [0.5, 0.6) is 0 Å². The molecule has 7 nitrogen and oxygen atoms in total. The van der Waals surface area contributed by atoms with Gasteiger partial charge in [0, 0.05) is 25.7 Å². The lowest BCUT2D eigenvalue weighted by Crippen LogP contribution is -2.53. The average Bonchev–Trinajstić information content (AvgIpc) is 3.02. The zero-order chi connectivity index (χ0) is 14.2. The number of nitrogens with zero attached hydrogens (tertiary/aromatic N) is 5. The molecular formula is C14H23N7. The largest absolute Gasteiger partial charge is 0.368 e. The van der Waals surface area contributed by atoms with Gasteiger partial charge in [0.2, 0.25) is 17.8 Å². The maximum Gasteiger partial charge on any atom is 0.231 e. The van der Waals surface area contributed by atoms with Gasteiger partial charge in [-0.15, -0.1) is 0 Å². The van der Waals surface area contributed by atoms with Crippen LogP contribution in [-0.2, 0) is 0 Å². The van der Waals surface area contributed by atoms with E-state index in [0.29, 0.717) is 17.9 Å². The Hall–Kier alpha value is -1.63. The van der Waals surface area contributed by atoms with Crippen molar-refractivity contribution in [2.75, 3.05) is 48.7 Å². The molecule has 4 saturated heterocycles. The SMILES string of the molecule is Nc1nc(NC2CN3CCC2CC3)nc(N2CCCC2)n1. The lowest BCUT2D eigenvalue weighted by atomic mass is 9.84. The lowest BCUT2D eigenvalue weighted by Gasteiger charge is -2.44. The van der Waals surface area contributed by atoms with E-state index in [9.17, 15) is 0 Å². The third-order valence-electron chi connectivity index (χ3n) is 5.00. The predicted octanol–water partition coefficient (Wildman–Crippen LogP) is 0.560. The Morgan fingerprint density at radius 3 is 2.43 bits per heavy atom. The van der Waals surface area contributed by atoms with Crippen molar-refractivity contribution in [3.05, 3.63) is 0 Å². The highest BCUT2D eigenvalue weighted by atomic mass is 15.3. The van der Waals surface area contributed by atoms with Gasteiger partial charge < -0.3 is 20.9 Å². The van der Waals surface area contributed by atoms with Gasteiger partial charge in [0.25, 0.3) is 0 Å². The van der Waals surface area contributed by atoms with Gasteiger partial charge >= 0.3 is 0 Å². The molecular weight excluding hydrogens is 266 g/mol. The number of rotatable bonds is 3. The Morgan fingerprint density at radius 1 is 1.00 bits per heavy atom. The van der Waals surface area contributed by atoms with Crippen LogP contribution < -0.4 is 16.0 Å². The third kappa shape index (κ3) is 2.62. The summed E-state index contributed by atoms with van der Waals surface area (Å²) >= 11 is 0. The maximum atomic E-state index is 5.87. The molecule has 0 radical (unpaired) electrons. The second kappa shape index (κ2) is 5.29. The van der Waals surface area contributed by atoms with Gasteiger partial charge in [0.05, 0.1) is 0 Å². The molecule has 21 heavy (non-hydrogen) atoms. The minimum Gasteiger partial charge on any atom is -0.368 e. The van der Waals surface area contributed by atoms with Crippen LogP contribution in [0.2, 0.25) is 0 Å². The summed E-state index contributed by atoms with van der Waals surface area (Å²) in [6, 6.07) is 0.445. The normalized spacial score (nSPS) is 31.6. The van der Waals surface area contributed by atoms with Crippen LogP contribution in [0, 0.1) is 5.92 Å². The summed E-state index contributed by atoms with van der Waals surface area (Å²) in [7, 11) is 0. The first-order chi connectivity index (χ1) is 10.3. The topological polar surface area (TPSA) is 83.2 Å². The summed E-state index contributed by atoms with van der Waals surface area (Å²) in [5, 5.41) is 3.51. The zero-order valence-electron chi connectivity index (χ0n) is 12.3. The molecule has 0 aliphatic carbocycles. The van der Waals surface area contributed by atoms with Crippen molar-refractivity contribution < 1.29 is 0 Å². The molecule has 4 aliphatic rings. The quantitative estimate of drug-likeness (QED) is 0.841. The Balaban J connectivity index is 1.51. The molecule has 4 fully saturated rings. The van der Waals surface area contributed by atoms with Crippen LogP contribution in [0.3, 0.4) is 0 Å². The Labute approximate surface area is 124 Å². The van der Waals surface area contributed by atoms with Crippen molar-refractivity contribution in [1.29, 1.82) is 0 Å². The first-order valence-electron chi connectivity index (χ1n) is 8.03. The summed E-state index contributed by atoms with van der Waals surface area (Å²) < 4.78 is 0. The highest BCUT2D eigenvalue weighted by molar-refractivity contribution is 5.43. The van der Waals surface area contributed by atoms with Crippen molar-refractivity contribution in [3.63, 3.8) is 0 Å². The monoisotopic (exact) mass is 289 g/mol. The predicted molar refractivity (Wildman–Crippen MR) is 82.3 cm³/mol. The van der Waals surface area contributed by atoms with E-state index < -0.39 is 0 Å². The van der Waals surface area contributed by atoms with E-state index in [0.717, 1.165) is 31.5 Å². The second-order valence-electron chi connectivity index (χ2n) is 6.40. The number of piperidine rings is 3. The molecule has 2 bridgehead atoms. The summed E-state index contributed by atoms with van der Waals surface area (Å²) in [4.78, 5) is 17.9. The molecule has 1 unspecified atom stereocenters. The molecule has 7 heteroatoms. The first-order valence-corrected chi connectivity index (χ1v) is 8.03. The number of nitrogens with two attached hydrogens (primary N) is 1. The molecule has 0 amide bonds. The summed E-state index contributed by atoms with van der Waals surface area (Å²) in [5.74, 6) is 2.42. The fourth-order valence-electron chi connectivity index (χ4n) is 3.80. The molecule has 3 N–H and O–H groups in total. The fraction of sp³-hybridized carbons (Fsp3) is 0.786. The number of aromatic nitrogens is 3. The van der Waals surface area contributed by atoms with Gasteiger partial charge in [0.15, 0.2) is 0 Å². The second-order valence-corrected chi connectivity index (χ2v) is 6.40. The van der Waals surface area contributed by atoms with Crippen molar-refractivity contribution in [2.45, 2.75) is 31.7 Å². The maximum absolute atomic E-state index is 5.87. The van der Waals surface area contributed by atoms with Crippen molar-refractivity contribution in [1.82, 2.24) is 19.9 Å². The summed E-state index contributed by atoms with van der Waals surface area (Å²) in [5.41, 5.74) is 5.87. The van der Waals surface area contributed by atoms with E-state index in [2.05, 4.69) is 30.1 Å². The van der Waals surface area contributed by atoms with Crippen LogP contribution in [0.25, 0.3) is 0 Å². The third-order valence-corrected chi connectivity index (χ3v) is 5.00. The minimum absolute atomic E-state index is 0.315. The van der Waals surface area contributed by atoms with Gasteiger partial charge in [0.1, 0.15) is 0 Å². The molecule has 4 aliphatic heterocycles. The minimum atomic E-state index is 0.315. The highest BCUT2D eigenvalue weighted by Crippen LogP contribution is 2.29. The Kier molecular flexibility index (Phi) is 3.29. The van der Waals surface area contributed by atoms with E-state index in [1.54, 1.807) is 0 Å². The highest BCUT2D eigenvalue weighted by Gasteiger charge is 2.34. The molecule has 0 saturated carbocycles. The molecule has 5 rings (SSSR count). The van der Waals surface area contributed by atoms with Crippen LogP contribution >= 0.6 is 0 Å². The van der Waals surface area contributed by atoms with E-state index in [-0.39, 0.29) is 0 Å². The van der Waals surface area contributed by atoms with Crippen LogP contribution in [0.15, 0.2) is 0 Å². The van der Waals surface area contributed by atoms with E-state index in [1.807, 2.05) is 0 Å². The molecule has 0 aromatic carbocycles. The van der Waals surface area contributed by atoms with Crippen LogP contribution in [0.1, 0.15) is 25.7 Å². The molecule has 1 aromatic heterocycles. The molecule has 114 valence electrons. The number of nitrogens with one attached hydrogen (secondary N) is 1. The number of nitrogen functional groups attached to an aromatic ring is 1. The number of hydrogen-bond acceptors (Lipinski definition) is 7. The Bertz CT molecular complexity index is 506. The van der Waals surface area contributed by atoms with Gasteiger partial charge in [-0.05, 0) is 44.7 Å². The van der Waals surface area contributed by atoms with Crippen LogP contribution in [-0.4, -0.2) is 58.6 Å². The number of anilines is 3. The van der Waals surface area contributed by atoms with E-state index in [4.69, 9.17) is 5.73 Å². The molecule has 1 atom stereocenters. The van der Waals surface area contributed by atoms with Crippen LogP contribution in [0.4, 0.5) is 17.8 Å². The lowest BCUT2D eigenvalue weighted by molar-refractivity contribution is 0.0972. The van der Waals surface area contributed by atoms with Crippen molar-refractivity contribution in [3.8, 4) is 0 Å². The number of hydrogen-bond donors (Lipinski definition) is 2. The average molecular weight is 289 g/mol. The van der Waals surface area contributed by atoms with Crippen molar-refractivity contribution in [2.24, 2.45) is 5.92 Å². The van der Waals surface area contributed by atoms with Gasteiger partial charge in [-0.2, -0.15) is 15.0 Å². The fourth-order valence-corrected chi connectivity index (χ4v) is 3.80. The van der Waals surface area contributed by atoms with E-state index >= 15 is 0 Å². The van der Waals surface area contributed by atoms with Gasteiger partial charge in [-0.25, -0.2) is 0 Å². The molecule has 1 aromatic rings. The molecule has 5 heterocycles. The summed E-state index contributed by atoms with van der Waals surface area (Å²) in [6.07, 6.45) is 4.95. The zero-order valence-corrected chi connectivity index (χ0v) is 12.3. The van der Waals surface area contributed by atoms with Gasteiger partial charge in [-0.1, -0.05) is 0 Å². The molecule has 0 spiro atoms. The van der Waals surface area contributed by atoms with Gasteiger partial charge in [-0.3, -0.25) is 0 Å². The standard InChI is InChI=1S/C14H23N7/c15-12-17-13(19-14(18-12)21-5-1-2-6-21)16-11-9-20-7-3-10(11)4-8-20/h10-11H,1-9H2,(H3,15,16,17,18,19). The van der Waals surface area contributed by atoms with Crippen molar-refractivity contribution >= 4 is 17.8 Å².